The van der Waals surface area contributed by atoms with Gasteiger partial charge in [0.1, 0.15) is 5.75 Å². The third-order valence-corrected chi connectivity index (χ3v) is 4.35. The van der Waals surface area contributed by atoms with Crippen LogP contribution in [0.25, 0.3) is 0 Å². The van der Waals surface area contributed by atoms with Gasteiger partial charge in [-0.2, -0.15) is 0 Å². The van der Waals surface area contributed by atoms with Gasteiger partial charge >= 0.3 is 0 Å². The van der Waals surface area contributed by atoms with E-state index in [9.17, 15) is 5.11 Å². The van der Waals surface area contributed by atoms with Gasteiger partial charge in [-0.05, 0) is 30.4 Å². The molecule has 106 valence electrons. The van der Waals surface area contributed by atoms with Crippen LogP contribution in [0.5, 0.6) is 5.75 Å². The second-order valence-corrected chi connectivity index (χ2v) is 5.85. The lowest BCUT2D eigenvalue weighted by Crippen LogP contribution is -2.52. The van der Waals surface area contributed by atoms with Crippen molar-refractivity contribution < 1.29 is 9.84 Å². The molecular formula is C16H25NO2. The van der Waals surface area contributed by atoms with Crippen LogP contribution >= 0.6 is 0 Å². The van der Waals surface area contributed by atoms with E-state index in [0.29, 0.717) is 13.2 Å². The summed E-state index contributed by atoms with van der Waals surface area (Å²) in [6, 6.07) is 8.04. The molecule has 0 spiro atoms. The number of benzene rings is 1. The fraction of sp³-hybridized carbons (Fsp3) is 0.625. The molecule has 1 aromatic carbocycles. The first kappa shape index (κ1) is 14.4. The zero-order valence-electron chi connectivity index (χ0n) is 11.9. The standard InChI is InChI=1S/C16H25NO2/c1-3-6-12(2)15(18)16(10-17)9-13-7-4-5-8-14(13)19-11-16/h4-5,7-8,12,15,18H,3,6,9-11,17H2,1-2H3. The average molecular weight is 263 g/mol. The zero-order valence-corrected chi connectivity index (χ0v) is 11.9. The summed E-state index contributed by atoms with van der Waals surface area (Å²) in [5, 5.41) is 10.7. The molecule has 19 heavy (non-hydrogen) atoms. The molecule has 3 atom stereocenters. The molecule has 0 bridgehead atoms. The first-order valence-corrected chi connectivity index (χ1v) is 7.22. The number of fused-ring (bicyclic) bond motifs is 1. The SMILES string of the molecule is CCCC(C)C(O)C1(CN)COc2ccccc2C1. The molecule has 1 aliphatic rings. The van der Waals surface area contributed by atoms with E-state index in [1.807, 2.05) is 18.2 Å². The van der Waals surface area contributed by atoms with Crippen molar-refractivity contribution in [3.8, 4) is 5.75 Å². The Hall–Kier alpha value is -1.06. The second kappa shape index (κ2) is 5.93. The lowest BCUT2D eigenvalue weighted by Gasteiger charge is -2.42. The largest absolute Gasteiger partial charge is 0.493 e. The van der Waals surface area contributed by atoms with Crippen molar-refractivity contribution in [3.63, 3.8) is 0 Å². The van der Waals surface area contributed by atoms with Gasteiger partial charge in [0.25, 0.3) is 0 Å². The number of ether oxygens (including phenoxy) is 1. The van der Waals surface area contributed by atoms with Crippen LogP contribution in [0.4, 0.5) is 0 Å². The van der Waals surface area contributed by atoms with Crippen LogP contribution in [-0.4, -0.2) is 24.4 Å². The summed E-state index contributed by atoms with van der Waals surface area (Å²) >= 11 is 0. The first-order chi connectivity index (χ1) is 9.13. The van der Waals surface area contributed by atoms with Gasteiger partial charge in [0, 0.05) is 12.0 Å². The minimum absolute atomic E-state index is 0.252. The Labute approximate surface area is 115 Å². The second-order valence-electron chi connectivity index (χ2n) is 5.85. The zero-order chi connectivity index (χ0) is 13.9. The molecule has 1 aromatic rings. The fourth-order valence-corrected chi connectivity index (χ4v) is 3.10. The lowest BCUT2D eigenvalue weighted by molar-refractivity contribution is -0.0461. The number of para-hydroxylation sites is 1. The molecule has 0 aromatic heterocycles. The van der Waals surface area contributed by atoms with E-state index >= 15 is 0 Å². The molecule has 0 fully saturated rings. The highest BCUT2D eigenvalue weighted by atomic mass is 16.5. The Kier molecular flexibility index (Phi) is 4.48. The molecule has 0 radical (unpaired) electrons. The van der Waals surface area contributed by atoms with Gasteiger partial charge in [-0.15, -0.1) is 0 Å². The topological polar surface area (TPSA) is 55.5 Å². The van der Waals surface area contributed by atoms with Crippen molar-refractivity contribution in [3.05, 3.63) is 29.8 Å². The van der Waals surface area contributed by atoms with Gasteiger partial charge < -0.3 is 15.6 Å². The van der Waals surface area contributed by atoms with E-state index in [4.69, 9.17) is 10.5 Å². The number of aliphatic hydroxyl groups excluding tert-OH is 1. The average Bonchev–Trinajstić information content (AvgIpc) is 2.46. The summed E-state index contributed by atoms with van der Waals surface area (Å²) in [6.07, 6.45) is 2.49. The minimum atomic E-state index is -0.411. The number of aliphatic hydroxyl groups is 1. The normalized spacial score (nSPS) is 25.3. The molecule has 0 saturated heterocycles. The first-order valence-electron chi connectivity index (χ1n) is 7.22. The monoisotopic (exact) mass is 263 g/mol. The quantitative estimate of drug-likeness (QED) is 0.857. The van der Waals surface area contributed by atoms with Gasteiger partial charge in [-0.25, -0.2) is 0 Å². The van der Waals surface area contributed by atoms with Crippen molar-refractivity contribution in [2.45, 2.75) is 39.2 Å². The van der Waals surface area contributed by atoms with Crippen molar-refractivity contribution in [2.75, 3.05) is 13.2 Å². The van der Waals surface area contributed by atoms with Crippen molar-refractivity contribution in [1.82, 2.24) is 0 Å². The maximum atomic E-state index is 10.7. The maximum Gasteiger partial charge on any atom is 0.122 e. The molecule has 1 heterocycles. The van der Waals surface area contributed by atoms with E-state index in [1.165, 1.54) is 0 Å². The number of hydrogen-bond donors (Lipinski definition) is 2. The van der Waals surface area contributed by atoms with E-state index in [2.05, 4.69) is 19.9 Å². The van der Waals surface area contributed by atoms with Gasteiger partial charge in [0.15, 0.2) is 0 Å². The lowest BCUT2D eigenvalue weighted by atomic mass is 9.71. The van der Waals surface area contributed by atoms with E-state index in [0.717, 1.165) is 30.6 Å². The molecule has 0 saturated carbocycles. The van der Waals surface area contributed by atoms with Gasteiger partial charge in [-0.1, -0.05) is 38.5 Å². The van der Waals surface area contributed by atoms with Crippen LogP contribution < -0.4 is 10.5 Å². The molecule has 0 aliphatic carbocycles. The Balaban J connectivity index is 2.21. The van der Waals surface area contributed by atoms with Crippen LogP contribution in [0, 0.1) is 11.3 Å². The van der Waals surface area contributed by atoms with Crippen molar-refractivity contribution in [2.24, 2.45) is 17.1 Å². The predicted octanol–water partition coefficient (Wildman–Crippen LogP) is 2.36. The highest BCUT2D eigenvalue weighted by molar-refractivity contribution is 5.36. The van der Waals surface area contributed by atoms with E-state index < -0.39 is 6.10 Å². The van der Waals surface area contributed by atoms with Crippen molar-refractivity contribution in [1.29, 1.82) is 0 Å². The molecule has 3 nitrogen and oxygen atoms in total. The summed E-state index contributed by atoms with van der Waals surface area (Å²) in [6.45, 7) is 5.21. The minimum Gasteiger partial charge on any atom is -0.493 e. The highest BCUT2D eigenvalue weighted by Crippen LogP contribution is 2.39. The molecule has 0 amide bonds. The number of nitrogens with two attached hydrogens (primary N) is 1. The number of rotatable bonds is 5. The van der Waals surface area contributed by atoms with Crippen LogP contribution in [0.2, 0.25) is 0 Å². The molecular weight excluding hydrogens is 238 g/mol. The molecule has 1 aliphatic heterocycles. The van der Waals surface area contributed by atoms with Crippen molar-refractivity contribution >= 4 is 0 Å². The molecule has 3 unspecified atom stereocenters. The van der Waals surface area contributed by atoms with Crippen LogP contribution in [0.15, 0.2) is 24.3 Å². The highest BCUT2D eigenvalue weighted by Gasteiger charge is 2.43. The third kappa shape index (κ3) is 2.77. The Morgan fingerprint density at radius 2 is 2.16 bits per heavy atom. The molecule has 3 heteroatoms. The summed E-state index contributed by atoms with van der Waals surface area (Å²) in [7, 11) is 0. The number of hydrogen-bond acceptors (Lipinski definition) is 3. The van der Waals surface area contributed by atoms with Gasteiger partial charge in [0.2, 0.25) is 0 Å². The predicted molar refractivity (Wildman–Crippen MR) is 77.2 cm³/mol. The maximum absolute atomic E-state index is 10.7. The van der Waals surface area contributed by atoms with Crippen LogP contribution in [0.3, 0.4) is 0 Å². The fourth-order valence-electron chi connectivity index (χ4n) is 3.10. The Morgan fingerprint density at radius 1 is 1.42 bits per heavy atom. The third-order valence-electron chi connectivity index (χ3n) is 4.35. The summed E-state index contributed by atoms with van der Waals surface area (Å²) in [4.78, 5) is 0. The van der Waals surface area contributed by atoms with E-state index in [-0.39, 0.29) is 11.3 Å². The van der Waals surface area contributed by atoms with Gasteiger partial charge in [0.05, 0.1) is 12.7 Å². The van der Waals surface area contributed by atoms with E-state index in [1.54, 1.807) is 0 Å². The molecule has 3 N–H and O–H groups in total. The molecule has 2 rings (SSSR count). The van der Waals surface area contributed by atoms with Gasteiger partial charge in [-0.3, -0.25) is 0 Å². The smallest absolute Gasteiger partial charge is 0.122 e. The summed E-state index contributed by atoms with van der Waals surface area (Å²) < 4.78 is 5.84. The van der Waals surface area contributed by atoms with Crippen LogP contribution in [-0.2, 0) is 6.42 Å². The summed E-state index contributed by atoms with van der Waals surface area (Å²) in [5.74, 6) is 1.18. The Bertz CT molecular complexity index is 421. The Morgan fingerprint density at radius 3 is 2.84 bits per heavy atom. The summed E-state index contributed by atoms with van der Waals surface area (Å²) in [5.41, 5.74) is 6.80. The van der Waals surface area contributed by atoms with Crippen LogP contribution in [0.1, 0.15) is 32.3 Å².